The van der Waals surface area contributed by atoms with Gasteiger partial charge in [0.25, 0.3) is 0 Å². The van der Waals surface area contributed by atoms with Crippen molar-refractivity contribution in [2.45, 2.75) is 60.4 Å². The first-order valence-corrected chi connectivity index (χ1v) is 14.2. The van der Waals surface area contributed by atoms with E-state index in [9.17, 15) is 0 Å². The molecule has 0 heterocycles. The van der Waals surface area contributed by atoms with Crippen LogP contribution < -0.4 is 0 Å². The molecular weight excluding hydrogens is 408 g/mol. The Balaban J connectivity index is 0.000000389. The Kier molecular flexibility index (Phi) is 7.97. The van der Waals surface area contributed by atoms with Crippen LogP contribution in [0.25, 0.3) is 0 Å². The second-order valence-corrected chi connectivity index (χ2v) is 14.0. The van der Waals surface area contributed by atoms with Crippen molar-refractivity contribution in [1.82, 2.24) is 0 Å². The Morgan fingerprint density at radius 1 is 0.812 bits per heavy atom. The first kappa shape index (κ1) is 19.2. The highest BCUT2D eigenvalue weighted by Gasteiger charge is 2.16. The SMILES string of the molecule is [2H]C([2H])([2H])C(C)(C#C)COCc1ccccc1.[2H]C([2H])([2H])C(C)(C#C[Si](C)(C)C)COCc1ccccc1. The van der Waals surface area contributed by atoms with E-state index in [1.165, 1.54) is 6.92 Å². The lowest BCUT2D eigenvalue weighted by atomic mass is 9.96. The van der Waals surface area contributed by atoms with Crippen LogP contribution >= 0.6 is 0 Å². The molecule has 2 nitrogen and oxygen atoms in total. The van der Waals surface area contributed by atoms with Crippen LogP contribution in [0.15, 0.2) is 60.7 Å². The van der Waals surface area contributed by atoms with Crippen molar-refractivity contribution in [3.63, 3.8) is 0 Å². The van der Waals surface area contributed by atoms with Gasteiger partial charge in [0.05, 0.1) is 26.4 Å². The van der Waals surface area contributed by atoms with Gasteiger partial charge in [-0.3, -0.25) is 0 Å². The molecule has 0 saturated carbocycles. The van der Waals surface area contributed by atoms with Gasteiger partial charge in [-0.2, -0.15) is 0 Å². The van der Waals surface area contributed by atoms with Crippen molar-refractivity contribution in [1.29, 1.82) is 0 Å². The maximum Gasteiger partial charge on any atom is 0.129 e. The van der Waals surface area contributed by atoms with Gasteiger partial charge in [0.2, 0.25) is 0 Å². The Hall–Kier alpha value is -2.30. The van der Waals surface area contributed by atoms with E-state index in [4.69, 9.17) is 24.1 Å². The minimum absolute atomic E-state index is 0.0227. The Morgan fingerprint density at radius 3 is 1.62 bits per heavy atom. The van der Waals surface area contributed by atoms with E-state index >= 15 is 0 Å². The molecule has 0 aromatic heterocycles. The number of benzene rings is 2. The lowest BCUT2D eigenvalue weighted by Crippen LogP contribution is -2.21. The average Bonchev–Trinajstić information content (AvgIpc) is 2.82. The van der Waals surface area contributed by atoms with Crippen molar-refractivity contribution in [2.75, 3.05) is 13.2 Å². The maximum atomic E-state index is 7.74. The second kappa shape index (κ2) is 13.3. The van der Waals surface area contributed by atoms with E-state index in [0.717, 1.165) is 11.1 Å². The van der Waals surface area contributed by atoms with E-state index in [-0.39, 0.29) is 13.2 Å². The summed E-state index contributed by atoms with van der Waals surface area (Å²) in [6.07, 6.45) is 5.28. The van der Waals surface area contributed by atoms with Gasteiger partial charge in [0, 0.05) is 19.1 Å². The Labute approximate surface area is 206 Å². The van der Waals surface area contributed by atoms with Crippen molar-refractivity contribution in [3.8, 4) is 23.8 Å². The zero-order valence-electron chi connectivity index (χ0n) is 26.0. The van der Waals surface area contributed by atoms with Gasteiger partial charge in [-0.25, -0.2) is 0 Å². The first-order valence-electron chi connectivity index (χ1n) is 13.7. The van der Waals surface area contributed by atoms with E-state index in [1.54, 1.807) is 6.92 Å². The van der Waals surface area contributed by atoms with Crippen LogP contribution in [0.2, 0.25) is 19.6 Å². The predicted octanol–water partition coefficient (Wildman–Crippen LogP) is 6.97. The Bertz CT molecular complexity index is 1080. The van der Waals surface area contributed by atoms with Gasteiger partial charge in [0.1, 0.15) is 8.07 Å². The maximum absolute atomic E-state index is 7.74. The van der Waals surface area contributed by atoms with Crippen LogP contribution in [0.4, 0.5) is 0 Å². The lowest BCUT2D eigenvalue weighted by Gasteiger charge is -2.18. The molecule has 3 heteroatoms. The number of terminal acetylenes is 1. The number of hydrogen-bond donors (Lipinski definition) is 0. The van der Waals surface area contributed by atoms with Crippen LogP contribution in [0.3, 0.4) is 0 Å². The van der Waals surface area contributed by atoms with Gasteiger partial charge < -0.3 is 9.47 Å². The number of ether oxygens (including phenoxy) is 2. The summed E-state index contributed by atoms with van der Waals surface area (Å²) in [5, 5.41) is 0. The summed E-state index contributed by atoms with van der Waals surface area (Å²) in [6.45, 7) is 6.03. The molecular formula is C29H40O2Si. The molecule has 0 saturated heterocycles. The third-order valence-corrected chi connectivity index (χ3v) is 4.91. The molecule has 172 valence electrons. The molecule has 0 aliphatic rings. The van der Waals surface area contributed by atoms with E-state index in [1.807, 2.05) is 60.7 Å². The van der Waals surface area contributed by atoms with Crippen molar-refractivity contribution in [2.24, 2.45) is 10.8 Å². The van der Waals surface area contributed by atoms with Crippen LogP contribution in [-0.4, -0.2) is 21.3 Å². The topological polar surface area (TPSA) is 18.5 Å². The Morgan fingerprint density at radius 2 is 1.25 bits per heavy atom. The third-order valence-electron chi connectivity index (χ3n) is 4.04. The molecule has 2 aromatic rings. The summed E-state index contributed by atoms with van der Waals surface area (Å²) < 4.78 is 56.4. The predicted molar refractivity (Wildman–Crippen MR) is 140 cm³/mol. The molecule has 32 heavy (non-hydrogen) atoms. The zero-order valence-corrected chi connectivity index (χ0v) is 21.0. The number of rotatable bonds is 8. The highest BCUT2D eigenvalue weighted by molar-refractivity contribution is 6.83. The molecule has 2 rings (SSSR count). The highest BCUT2D eigenvalue weighted by atomic mass is 28.3. The summed E-state index contributed by atoms with van der Waals surface area (Å²) >= 11 is 0. The first-order chi connectivity index (χ1) is 17.4. The smallest absolute Gasteiger partial charge is 0.129 e. The van der Waals surface area contributed by atoms with Gasteiger partial charge in [0.15, 0.2) is 0 Å². The van der Waals surface area contributed by atoms with Crippen LogP contribution in [-0.2, 0) is 22.7 Å². The van der Waals surface area contributed by atoms with Crippen molar-refractivity contribution in [3.05, 3.63) is 71.8 Å². The number of hydrogen-bond acceptors (Lipinski definition) is 2. The van der Waals surface area contributed by atoms with Crippen LogP contribution in [0.5, 0.6) is 0 Å². The van der Waals surface area contributed by atoms with E-state index < -0.39 is 32.6 Å². The third kappa shape index (κ3) is 13.9. The molecule has 2 aromatic carbocycles. The summed E-state index contributed by atoms with van der Waals surface area (Å²) in [5.41, 5.74) is 2.84. The normalized spacial score (nSPS) is 18.0. The van der Waals surface area contributed by atoms with E-state index in [0.29, 0.717) is 13.2 Å². The summed E-state index contributed by atoms with van der Waals surface area (Å²) in [7, 11) is -1.62. The monoisotopic (exact) mass is 454 g/mol. The molecule has 0 bridgehead atoms. The molecule has 0 radical (unpaired) electrons. The zero-order chi connectivity index (χ0) is 29.1. The molecule has 2 atom stereocenters. The molecule has 0 amide bonds. The van der Waals surface area contributed by atoms with Crippen LogP contribution in [0.1, 0.15) is 46.9 Å². The van der Waals surface area contributed by atoms with Crippen molar-refractivity contribution < 1.29 is 17.7 Å². The van der Waals surface area contributed by atoms with Crippen LogP contribution in [0, 0.1) is 34.6 Å². The minimum atomic E-state index is -2.21. The lowest BCUT2D eigenvalue weighted by molar-refractivity contribution is 0.0753. The molecule has 0 fully saturated rings. The van der Waals surface area contributed by atoms with Crippen molar-refractivity contribution >= 4 is 8.07 Å². The quantitative estimate of drug-likeness (QED) is 0.317. The molecule has 0 N–H and O–H groups in total. The summed E-state index contributed by atoms with van der Waals surface area (Å²) in [5.74, 6) is 5.30. The van der Waals surface area contributed by atoms with E-state index in [2.05, 4.69) is 37.0 Å². The molecule has 0 spiro atoms. The standard InChI is InChI=1S/C16H24OSi.C13H16O/c1-16(2,11-12-18(3,4)5)14-17-13-15-9-7-6-8-10-15;1-4-13(2,3)11-14-10-12-8-6-5-7-9-12/h6-10H,13-14H2,1-5H3;1,5-9H,10-11H2,2-3H3/i1D3;2D3. The summed E-state index contributed by atoms with van der Waals surface area (Å²) in [6, 6.07) is 19.3. The second-order valence-electron chi connectivity index (χ2n) is 9.27. The fraction of sp³-hybridized carbons (Fsp3) is 0.448. The van der Waals surface area contributed by atoms with Gasteiger partial charge in [-0.05, 0) is 38.7 Å². The average molecular weight is 455 g/mol. The van der Waals surface area contributed by atoms with Gasteiger partial charge >= 0.3 is 0 Å². The summed E-state index contributed by atoms with van der Waals surface area (Å²) in [4.78, 5) is 0. The fourth-order valence-electron chi connectivity index (χ4n) is 2.30. The minimum Gasteiger partial charge on any atom is -0.375 e. The largest absolute Gasteiger partial charge is 0.375 e. The highest BCUT2D eigenvalue weighted by Crippen LogP contribution is 2.16. The molecule has 2 unspecified atom stereocenters. The fourth-order valence-corrected chi connectivity index (χ4v) is 2.95. The molecule has 0 aliphatic carbocycles. The van der Waals surface area contributed by atoms with Gasteiger partial charge in [-0.15, -0.1) is 17.9 Å². The van der Waals surface area contributed by atoms with Gasteiger partial charge in [-0.1, -0.05) is 86.2 Å². The molecule has 0 aliphatic heterocycles.